The summed E-state index contributed by atoms with van der Waals surface area (Å²) in [6.07, 6.45) is 1.53. The van der Waals surface area contributed by atoms with Crippen LogP contribution in [0, 0.1) is 6.92 Å². The summed E-state index contributed by atoms with van der Waals surface area (Å²) >= 11 is 0. The van der Waals surface area contributed by atoms with E-state index in [1.54, 1.807) is 6.92 Å². The Kier molecular flexibility index (Phi) is 4.01. The van der Waals surface area contributed by atoms with E-state index in [2.05, 4.69) is 10.1 Å². The molecule has 1 atom stereocenters. The van der Waals surface area contributed by atoms with Crippen LogP contribution in [0.15, 0.2) is 28.8 Å². The molecule has 1 fully saturated rings. The summed E-state index contributed by atoms with van der Waals surface area (Å²) in [6, 6.07) is 7.48. The lowest BCUT2D eigenvalue weighted by molar-refractivity contribution is 0.291. The lowest BCUT2D eigenvalue weighted by atomic mass is 10.1. The molecule has 0 bridgehead atoms. The van der Waals surface area contributed by atoms with Gasteiger partial charge in [0.1, 0.15) is 6.04 Å². The predicted octanol–water partition coefficient (Wildman–Crippen LogP) is 2.53. The van der Waals surface area contributed by atoms with E-state index in [0.717, 1.165) is 24.0 Å². The number of benzene rings is 1. The fraction of sp³-hybridized carbons (Fsp3) is 0.467. The van der Waals surface area contributed by atoms with Crippen molar-refractivity contribution in [2.75, 3.05) is 12.3 Å². The molecule has 2 aromatic rings. The van der Waals surface area contributed by atoms with Gasteiger partial charge in [0.25, 0.3) is 0 Å². The quantitative estimate of drug-likeness (QED) is 0.865. The maximum Gasteiger partial charge on any atom is 0.245 e. The first kappa shape index (κ1) is 15.2. The van der Waals surface area contributed by atoms with Crippen molar-refractivity contribution in [3.05, 3.63) is 35.7 Å². The number of nitrogens with zero attached hydrogens (tertiary/aromatic N) is 3. The van der Waals surface area contributed by atoms with Crippen LogP contribution in [0.3, 0.4) is 0 Å². The van der Waals surface area contributed by atoms with Crippen LogP contribution < -0.4 is 0 Å². The van der Waals surface area contributed by atoms with E-state index in [1.807, 2.05) is 31.2 Å². The molecule has 118 valence electrons. The normalized spacial score (nSPS) is 19.6. The largest absolute Gasteiger partial charge is 0.337 e. The minimum atomic E-state index is -3.25. The molecule has 0 N–H and O–H groups in total. The molecule has 1 aromatic heterocycles. The zero-order valence-corrected chi connectivity index (χ0v) is 13.5. The molecule has 22 heavy (non-hydrogen) atoms. The Bertz CT molecular complexity index is 753. The smallest absolute Gasteiger partial charge is 0.245 e. The Labute approximate surface area is 130 Å². The number of hydrogen-bond donors (Lipinski definition) is 0. The Balaban J connectivity index is 1.88. The Morgan fingerprint density at radius 1 is 1.32 bits per heavy atom. The molecule has 1 aliphatic heterocycles. The molecule has 0 spiro atoms. The van der Waals surface area contributed by atoms with Crippen molar-refractivity contribution in [3.8, 4) is 11.4 Å². The van der Waals surface area contributed by atoms with Crippen molar-refractivity contribution in [1.29, 1.82) is 0 Å². The van der Waals surface area contributed by atoms with Gasteiger partial charge in [0.05, 0.1) is 5.75 Å². The van der Waals surface area contributed by atoms with E-state index < -0.39 is 10.0 Å². The lowest BCUT2D eigenvalue weighted by Gasteiger charge is -2.20. The molecule has 1 unspecified atom stereocenters. The SMILES string of the molecule is CCS(=O)(=O)N1CCCC1c1nc(-c2ccc(C)cc2)no1. The van der Waals surface area contributed by atoms with Gasteiger partial charge in [0.15, 0.2) is 0 Å². The zero-order valence-electron chi connectivity index (χ0n) is 12.7. The Hall–Kier alpha value is -1.73. The number of aromatic nitrogens is 2. The second-order valence-electron chi connectivity index (χ2n) is 5.49. The van der Waals surface area contributed by atoms with E-state index in [0.29, 0.717) is 18.3 Å². The summed E-state index contributed by atoms with van der Waals surface area (Å²) in [5, 5.41) is 4.00. The topological polar surface area (TPSA) is 76.3 Å². The fourth-order valence-corrected chi connectivity index (χ4v) is 4.00. The average molecular weight is 321 g/mol. The monoisotopic (exact) mass is 321 g/mol. The van der Waals surface area contributed by atoms with Crippen LogP contribution in [0.1, 0.15) is 37.3 Å². The van der Waals surface area contributed by atoms with E-state index >= 15 is 0 Å². The van der Waals surface area contributed by atoms with E-state index in [4.69, 9.17) is 4.52 Å². The molecular weight excluding hydrogens is 302 g/mol. The molecule has 6 nitrogen and oxygen atoms in total. The van der Waals surface area contributed by atoms with Crippen LogP contribution in [0.4, 0.5) is 0 Å². The third-order valence-corrected chi connectivity index (χ3v) is 5.84. The minimum Gasteiger partial charge on any atom is -0.337 e. The summed E-state index contributed by atoms with van der Waals surface area (Å²) in [6.45, 7) is 4.18. The van der Waals surface area contributed by atoms with Crippen molar-refractivity contribution < 1.29 is 12.9 Å². The molecule has 1 saturated heterocycles. The highest BCUT2D eigenvalue weighted by Gasteiger charge is 2.37. The summed E-state index contributed by atoms with van der Waals surface area (Å²) in [4.78, 5) is 4.41. The standard InChI is InChI=1S/C15H19N3O3S/c1-3-22(19,20)18-10-4-5-13(18)15-16-14(17-21-15)12-8-6-11(2)7-9-12/h6-9,13H,3-5,10H2,1-2H3. The van der Waals surface area contributed by atoms with Crippen molar-refractivity contribution in [3.63, 3.8) is 0 Å². The lowest BCUT2D eigenvalue weighted by Crippen LogP contribution is -2.32. The summed E-state index contributed by atoms with van der Waals surface area (Å²) in [5.74, 6) is 0.962. The summed E-state index contributed by atoms with van der Waals surface area (Å²) in [5.41, 5.74) is 2.02. The molecule has 1 aromatic carbocycles. The molecule has 2 heterocycles. The van der Waals surface area contributed by atoms with Gasteiger partial charge in [0.2, 0.25) is 21.7 Å². The van der Waals surface area contributed by atoms with Crippen LogP contribution in [-0.2, 0) is 10.0 Å². The average Bonchev–Trinajstić information content (AvgIpc) is 3.17. The van der Waals surface area contributed by atoms with Gasteiger partial charge in [-0.05, 0) is 26.7 Å². The van der Waals surface area contributed by atoms with Gasteiger partial charge in [-0.25, -0.2) is 8.42 Å². The minimum absolute atomic E-state index is 0.0858. The van der Waals surface area contributed by atoms with Crippen molar-refractivity contribution in [1.82, 2.24) is 14.4 Å². The molecule has 7 heteroatoms. The summed E-state index contributed by atoms with van der Waals surface area (Å²) in [7, 11) is -3.25. The third-order valence-electron chi connectivity index (χ3n) is 3.96. The van der Waals surface area contributed by atoms with Crippen molar-refractivity contribution >= 4 is 10.0 Å². The van der Waals surface area contributed by atoms with Crippen LogP contribution in [-0.4, -0.2) is 35.2 Å². The van der Waals surface area contributed by atoms with Gasteiger partial charge in [-0.3, -0.25) is 0 Å². The van der Waals surface area contributed by atoms with Crippen LogP contribution in [0.5, 0.6) is 0 Å². The molecule has 0 aliphatic carbocycles. The third kappa shape index (κ3) is 2.78. The zero-order chi connectivity index (χ0) is 15.7. The Morgan fingerprint density at radius 2 is 2.05 bits per heavy atom. The second-order valence-corrected chi connectivity index (χ2v) is 7.70. The van der Waals surface area contributed by atoms with E-state index in [9.17, 15) is 8.42 Å². The maximum atomic E-state index is 12.1. The maximum absolute atomic E-state index is 12.1. The molecular formula is C15H19N3O3S. The molecule has 0 saturated carbocycles. The van der Waals surface area contributed by atoms with Gasteiger partial charge >= 0.3 is 0 Å². The van der Waals surface area contributed by atoms with Gasteiger partial charge < -0.3 is 4.52 Å². The van der Waals surface area contributed by atoms with E-state index in [1.165, 1.54) is 4.31 Å². The highest BCUT2D eigenvalue weighted by molar-refractivity contribution is 7.89. The molecule has 3 rings (SSSR count). The number of rotatable bonds is 4. The second kappa shape index (κ2) is 5.81. The van der Waals surface area contributed by atoms with Gasteiger partial charge in [-0.15, -0.1) is 0 Å². The number of hydrogen-bond acceptors (Lipinski definition) is 5. The van der Waals surface area contributed by atoms with Crippen molar-refractivity contribution in [2.24, 2.45) is 0 Å². The van der Waals surface area contributed by atoms with Crippen LogP contribution in [0.2, 0.25) is 0 Å². The Morgan fingerprint density at radius 3 is 2.73 bits per heavy atom. The van der Waals surface area contributed by atoms with Crippen LogP contribution in [0.25, 0.3) is 11.4 Å². The van der Waals surface area contributed by atoms with Crippen LogP contribution >= 0.6 is 0 Å². The first-order valence-corrected chi connectivity index (χ1v) is 9.02. The first-order chi connectivity index (χ1) is 10.5. The molecule has 0 radical (unpaired) electrons. The predicted molar refractivity (Wildman–Crippen MR) is 82.6 cm³/mol. The van der Waals surface area contributed by atoms with Gasteiger partial charge in [-0.1, -0.05) is 35.0 Å². The highest BCUT2D eigenvalue weighted by Crippen LogP contribution is 2.34. The molecule has 1 aliphatic rings. The van der Waals surface area contributed by atoms with Gasteiger partial charge in [-0.2, -0.15) is 9.29 Å². The van der Waals surface area contributed by atoms with Gasteiger partial charge in [0, 0.05) is 12.1 Å². The number of sulfonamides is 1. The van der Waals surface area contributed by atoms with Crippen molar-refractivity contribution in [2.45, 2.75) is 32.7 Å². The van der Waals surface area contributed by atoms with E-state index in [-0.39, 0.29) is 11.8 Å². The highest BCUT2D eigenvalue weighted by atomic mass is 32.2. The first-order valence-electron chi connectivity index (χ1n) is 7.41. The summed E-state index contributed by atoms with van der Waals surface area (Å²) < 4.78 is 31.1. The molecule has 0 amide bonds. The fourth-order valence-electron chi connectivity index (χ4n) is 2.68. The number of aryl methyl sites for hydroxylation is 1.